The predicted molar refractivity (Wildman–Crippen MR) is 92.7 cm³/mol. The van der Waals surface area contributed by atoms with Gasteiger partial charge in [0.25, 0.3) is 5.91 Å². The molecule has 0 spiro atoms. The van der Waals surface area contributed by atoms with Crippen molar-refractivity contribution in [1.82, 2.24) is 30.5 Å². The second-order valence-electron chi connectivity index (χ2n) is 5.44. The lowest BCUT2D eigenvalue weighted by Crippen LogP contribution is -2.26. The third-order valence-electron chi connectivity index (χ3n) is 3.77. The number of fused-ring (bicyclic) bond motifs is 2. The highest BCUT2D eigenvalue weighted by atomic mass is 16.3. The van der Waals surface area contributed by atoms with E-state index < -0.39 is 0 Å². The maximum Gasteiger partial charge on any atom is 0.267 e. The fourth-order valence-corrected chi connectivity index (χ4v) is 2.58. The molecule has 0 saturated carbocycles. The Morgan fingerprint density at radius 3 is 3.04 bits per heavy atom. The molecule has 25 heavy (non-hydrogen) atoms. The molecule has 0 aliphatic heterocycles. The standard InChI is InChI=1S/C16H15N7O2/c24-4-3-17-16(25)13-6-11-14(18-8-19-15(11)22-13)21-10-1-2-12-9(5-10)7-20-23-12/h1-2,5-8,24H,3-4H2,(H,17,25)(H,20,23)(H2,18,19,21,22). The first-order valence-corrected chi connectivity index (χ1v) is 7.67. The van der Waals surface area contributed by atoms with Crippen LogP contribution in [0.4, 0.5) is 11.5 Å². The average Bonchev–Trinajstić information content (AvgIpc) is 3.26. The van der Waals surface area contributed by atoms with Crippen LogP contribution >= 0.6 is 0 Å². The van der Waals surface area contributed by atoms with Crippen molar-refractivity contribution in [3.05, 3.63) is 42.5 Å². The van der Waals surface area contributed by atoms with E-state index >= 15 is 0 Å². The summed E-state index contributed by atoms with van der Waals surface area (Å²) in [6.45, 7) is 0.0742. The average molecular weight is 337 g/mol. The van der Waals surface area contributed by atoms with Gasteiger partial charge in [-0.25, -0.2) is 9.97 Å². The van der Waals surface area contributed by atoms with Crippen molar-refractivity contribution in [2.75, 3.05) is 18.5 Å². The van der Waals surface area contributed by atoms with Gasteiger partial charge < -0.3 is 20.7 Å². The Kier molecular flexibility index (Phi) is 3.75. The van der Waals surface area contributed by atoms with Gasteiger partial charge in [0, 0.05) is 17.6 Å². The van der Waals surface area contributed by atoms with Gasteiger partial charge in [-0.05, 0) is 24.3 Å². The number of H-pyrrole nitrogens is 2. The summed E-state index contributed by atoms with van der Waals surface area (Å²) in [5.74, 6) is 0.281. The Labute approximate surface area is 141 Å². The van der Waals surface area contributed by atoms with E-state index in [1.54, 1.807) is 12.3 Å². The van der Waals surface area contributed by atoms with Crippen molar-refractivity contribution in [2.45, 2.75) is 0 Å². The van der Waals surface area contributed by atoms with E-state index in [9.17, 15) is 4.79 Å². The van der Waals surface area contributed by atoms with Crippen molar-refractivity contribution >= 4 is 39.3 Å². The summed E-state index contributed by atoms with van der Waals surface area (Å²) in [4.78, 5) is 23.4. The van der Waals surface area contributed by atoms with Crippen LogP contribution in [-0.2, 0) is 0 Å². The summed E-state index contributed by atoms with van der Waals surface area (Å²) in [6.07, 6.45) is 3.17. The van der Waals surface area contributed by atoms with Gasteiger partial charge in [-0.3, -0.25) is 9.89 Å². The van der Waals surface area contributed by atoms with Crippen LogP contribution in [0.5, 0.6) is 0 Å². The fraction of sp³-hybridized carbons (Fsp3) is 0.125. The number of rotatable bonds is 5. The largest absolute Gasteiger partial charge is 0.395 e. The van der Waals surface area contributed by atoms with Crippen LogP contribution in [-0.4, -0.2) is 49.3 Å². The number of aliphatic hydroxyl groups excluding tert-OH is 1. The SMILES string of the molecule is O=C(NCCO)c1cc2c(Nc3ccc4[nH]ncc4c3)ncnc2[nH]1. The summed E-state index contributed by atoms with van der Waals surface area (Å²) in [7, 11) is 0. The molecule has 0 atom stereocenters. The van der Waals surface area contributed by atoms with Crippen LogP contribution in [0.2, 0.25) is 0 Å². The first kappa shape index (κ1) is 15.1. The molecule has 9 heteroatoms. The molecule has 0 radical (unpaired) electrons. The third-order valence-corrected chi connectivity index (χ3v) is 3.77. The molecule has 1 amide bonds. The number of nitrogens with zero attached hydrogens (tertiary/aromatic N) is 3. The minimum Gasteiger partial charge on any atom is -0.395 e. The summed E-state index contributed by atoms with van der Waals surface area (Å²) < 4.78 is 0. The molecule has 4 aromatic rings. The summed E-state index contributed by atoms with van der Waals surface area (Å²) in [5.41, 5.74) is 2.71. The van der Waals surface area contributed by atoms with Gasteiger partial charge in [0.15, 0.2) is 0 Å². The minimum absolute atomic E-state index is 0.116. The first-order valence-electron chi connectivity index (χ1n) is 7.67. The molecule has 0 aliphatic carbocycles. The van der Waals surface area contributed by atoms with Crippen molar-refractivity contribution in [3.63, 3.8) is 0 Å². The molecule has 126 valence electrons. The molecule has 0 unspecified atom stereocenters. The van der Waals surface area contributed by atoms with Crippen molar-refractivity contribution < 1.29 is 9.90 Å². The van der Waals surface area contributed by atoms with Crippen LogP contribution in [0.25, 0.3) is 21.9 Å². The van der Waals surface area contributed by atoms with E-state index in [2.05, 4.69) is 35.8 Å². The van der Waals surface area contributed by atoms with E-state index in [1.165, 1.54) is 6.33 Å². The van der Waals surface area contributed by atoms with Crippen molar-refractivity contribution in [1.29, 1.82) is 0 Å². The second-order valence-corrected chi connectivity index (χ2v) is 5.44. The number of carbonyl (C=O) groups excluding carboxylic acids is 1. The number of aromatic amines is 2. The molecule has 3 aromatic heterocycles. The Balaban J connectivity index is 1.66. The van der Waals surface area contributed by atoms with E-state index in [4.69, 9.17) is 5.11 Å². The molecule has 4 rings (SSSR count). The molecule has 5 N–H and O–H groups in total. The number of aliphatic hydroxyl groups is 1. The van der Waals surface area contributed by atoms with Gasteiger partial charge in [0.2, 0.25) is 0 Å². The van der Waals surface area contributed by atoms with Crippen LogP contribution in [0.1, 0.15) is 10.5 Å². The molecule has 1 aromatic carbocycles. The van der Waals surface area contributed by atoms with Crippen molar-refractivity contribution in [2.24, 2.45) is 0 Å². The third kappa shape index (κ3) is 2.88. The normalized spacial score (nSPS) is 11.1. The van der Waals surface area contributed by atoms with Crippen molar-refractivity contribution in [3.8, 4) is 0 Å². The van der Waals surface area contributed by atoms with E-state index in [0.717, 1.165) is 16.6 Å². The number of hydrogen-bond donors (Lipinski definition) is 5. The van der Waals surface area contributed by atoms with Gasteiger partial charge in [-0.2, -0.15) is 5.10 Å². The number of amides is 1. The Hall–Kier alpha value is -3.46. The molecule has 0 aliphatic rings. The highest BCUT2D eigenvalue weighted by molar-refractivity contribution is 6.00. The predicted octanol–water partition coefficient (Wildman–Crippen LogP) is 1.30. The zero-order valence-electron chi connectivity index (χ0n) is 13.1. The van der Waals surface area contributed by atoms with Gasteiger partial charge in [-0.1, -0.05) is 0 Å². The zero-order chi connectivity index (χ0) is 17.2. The molecular formula is C16H15N7O2. The minimum atomic E-state index is -0.308. The summed E-state index contributed by atoms with van der Waals surface area (Å²) in [6, 6.07) is 7.47. The van der Waals surface area contributed by atoms with Gasteiger partial charge >= 0.3 is 0 Å². The molecule has 9 nitrogen and oxygen atoms in total. The van der Waals surface area contributed by atoms with Gasteiger partial charge in [0.05, 0.1) is 23.7 Å². The van der Waals surface area contributed by atoms with Crippen LogP contribution in [0.3, 0.4) is 0 Å². The van der Waals surface area contributed by atoms with Crippen LogP contribution in [0.15, 0.2) is 36.8 Å². The highest BCUT2D eigenvalue weighted by Gasteiger charge is 2.13. The zero-order valence-corrected chi connectivity index (χ0v) is 13.1. The lowest BCUT2D eigenvalue weighted by molar-refractivity contribution is 0.0940. The van der Waals surface area contributed by atoms with Crippen LogP contribution < -0.4 is 10.6 Å². The number of carbonyl (C=O) groups is 1. The van der Waals surface area contributed by atoms with Gasteiger partial charge in [0.1, 0.15) is 23.5 Å². The molecule has 3 heterocycles. The maximum absolute atomic E-state index is 12.0. The molecule has 0 bridgehead atoms. The monoisotopic (exact) mass is 337 g/mol. The number of hydrogen-bond acceptors (Lipinski definition) is 6. The summed E-state index contributed by atoms with van der Waals surface area (Å²) in [5, 5.41) is 23.2. The number of aromatic nitrogens is 5. The second kappa shape index (κ2) is 6.21. The topological polar surface area (TPSA) is 132 Å². The highest BCUT2D eigenvalue weighted by Crippen LogP contribution is 2.25. The van der Waals surface area contributed by atoms with E-state index in [1.807, 2.05) is 18.2 Å². The lowest BCUT2D eigenvalue weighted by atomic mass is 10.2. The number of benzene rings is 1. The number of anilines is 2. The first-order chi connectivity index (χ1) is 12.2. The van der Waals surface area contributed by atoms with Gasteiger partial charge in [-0.15, -0.1) is 0 Å². The Bertz CT molecular complexity index is 1050. The Morgan fingerprint density at radius 1 is 1.24 bits per heavy atom. The smallest absolute Gasteiger partial charge is 0.267 e. The fourth-order valence-electron chi connectivity index (χ4n) is 2.58. The maximum atomic E-state index is 12.0. The lowest BCUT2D eigenvalue weighted by Gasteiger charge is -2.06. The summed E-state index contributed by atoms with van der Waals surface area (Å²) >= 11 is 0. The quantitative estimate of drug-likeness (QED) is 0.373. The Morgan fingerprint density at radius 2 is 2.16 bits per heavy atom. The number of nitrogens with one attached hydrogen (secondary N) is 4. The molecule has 0 saturated heterocycles. The molecular weight excluding hydrogens is 322 g/mol. The van der Waals surface area contributed by atoms with E-state index in [0.29, 0.717) is 22.5 Å². The van der Waals surface area contributed by atoms with E-state index in [-0.39, 0.29) is 19.1 Å². The molecule has 0 fully saturated rings. The van der Waals surface area contributed by atoms with Crippen LogP contribution in [0, 0.1) is 0 Å².